The molecule has 1 aromatic rings. The number of carbonyl (C=O) groups excluding carboxylic acids is 1. The first-order valence-electron chi connectivity index (χ1n) is 6.02. The summed E-state index contributed by atoms with van der Waals surface area (Å²) in [5.41, 5.74) is 0.433. The number of ketones is 1. The van der Waals surface area contributed by atoms with Gasteiger partial charge in [-0.25, -0.2) is 4.39 Å². The quantitative estimate of drug-likeness (QED) is 0.699. The number of hydrogen-bond donors (Lipinski definition) is 0. The van der Waals surface area contributed by atoms with E-state index >= 15 is 0 Å². The zero-order chi connectivity index (χ0) is 13.5. The van der Waals surface area contributed by atoms with Gasteiger partial charge in [0, 0.05) is 31.7 Å². The largest absolute Gasteiger partial charge is 0.383 e. The predicted molar refractivity (Wildman–Crippen MR) is 69.3 cm³/mol. The van der Waals surface area contributed by atoms with E-state index < -0.39 is 0 Å². The molecule has 1 aromatic carbocycles. The van der Waals surface area contributed by atoms with E-state index in [0.717, 1.165) is 0 Å². The van der Waals surface area contributed by atoms with Crippen molar-refractivity contribution in [2.45, 2.75) is 19.4 Å². The number of carbonyl (C=O) groups is 1. The molecule has 0 saturated carbocycles. The summed E-state index contributed by atoms with van der Waals surface area (Å²) in [4.78, 5) is 13.9. The summed E-state index contributed by atoms with van der Waals surface area (Å²) in [5, 5.41) is 0. The zero-order valence-corrected chi connectivity index (χ0v) is 11.1. The van der Waals surface area contributed by atoms with Gasteiger partial charge in [0.05, 0.1) is 6.61 Å². The summed E-state index contributed by atoms with van der Waals surface area (Å²) in [7, 11) is 3.60. The van der Waals surface area contributed by atoms with Crippen LogP contribution in [0, 0.1) is 5.82 Å². The van der Waals surface area contributed by atoms with Crippen LogP contribution in [-0.2, 0) is 4.74 Å². The van der Waals surface area contributed by atoms with Crippen LogP contribution < -0.4 is 0 Å². The van der Waals surface area contributed by atoms with Crippen molar-refractivity contribution in [2.24, 2.45) is 0 Å². The fourth-order valence-corrected chi connectivity index (χ4v) is 1.67. The minimum Gasteiger partial charge on any atom is -0.383 e. The molecule has 0 aliphatic carbocycles. The van der Waals surface area contributed by atoms with Crippen LogP contribution >= 0.6 is 0 Å². The van der Waals surface area contributed by atoms with Crippen molar-refractivity contribution in [1.29, 1.82) is 0 Å². The minimum atomic E-state index is -0.373. The maximum Gasteiger partial charge on any atom is 0.164 e. The molecule has 0 aliphatic rings. The van der Waals surface area contributed by atoms with E-state index in [0.29, 0.717) is 25.1 Å². The summed E-state index contributed by atoms with van der Waals surface area (Å²) in [6, 6.07) is 6.07. The molecule has 18 heavy (non-hydrogen) atoms. The highest BCUT2D eigenvalue weighted by Gasteiger charge is 2.12. The highest BCUT2D eigenvalue weighted by atomic mass is 19.1. The van der Waals surface area contributed by atoms with Gasteiger partial charge in [0.2, 0.25) is 0 Å². The minimum absolute atomic E-state index is 0.0361. The number of ether oxygens (including phenoxy) is 1. The summed E-state index contributed by atoms with van der Waals surface area (Å²) in [6.07, 6.45) is 0.383. The number of benzene rings is 1. The van der Waals surface area contributed by atoms with Gasteiger partial charge >= 0.3 is 0 Å². The van der Waals surface area contributed by atoms with Crippen molar-refractivity contribution < 1.29 is 13.9 Å². The number of Topliss-reactive ketones (excluding diaryl/α,β-unsaturated/α-hetero) is 1. The van der Waals surface area contributed by atoms with Gasteiger partial charge in [-0.15, -0.1) is 0 Å². The zero-order valence-electron chi connectivity index (χ0n) is 11.1. The van der Waals surface area contributed by atoms with Gasteiger partial charge in [0.1, 0.15) is 5.82 Å². The van der Waals surface area contributed by atoms with E-state index in [9.17, 15) is 9.18 Å². The monoisotopic (exact) mass is 253 g/mol. The van der Waals surface area contributed by atoms with Crippen molar-refractivity contribution in [3.63, 3.8) is 0 Å². The van der Waals surface area contributed by atoms with Gasteiger partial charge < -0.3 is 9.64 Å². The molecule has 0 N–H and O–H groups in total. The summed E-state index contributed by atoms with van der Waals surface area (Å²) in [6.45, 7) is 3.31. The average Bonchev–Trinajstić information content (AvgIpc) is 2.35. The third-order valence-corrected chi connectivity index (χ3v) is 3.00. The molecule has 1 rings (SSSR count). The van der Waals surface area contributed by atoms with Crippen LogP contribution in [0.2, 0.25) is 0 Å². The third-order valence-electron chi connectivity index (χ3n) is 3.00. The first-order chi connectivity index (χ1) is 8.54. The SMILES string of the molecule is COCC(C)N(C)CCC(=O)c1cccc(F)c1. The Balaban J connectivity index is 2.46. The van der Waals surface area contributed by atoms with Crippen molar-refractivity contribution >= 4 is 5.78 Å². The molecule has 100 valence electrons. The Hall–Kier alpha value is -1.26. The normalized spacial score (nSPS) is 12.7. The van der Waals surface area contributed by atoms with Crippen LogP contribution in [-0.4, -0.2) is 44.0 Å². The number of nitrogens with zero attached hydrogens (tertiary/aromatic N) is 1. The Bertz CT molecular complexity index is 395. The van der Waals surface area contributed by atoms with Crippen molar-refractivity contribution in [1.82, 2.24) is 4.90 Å². The van der Waals surface area contributed by atoms with Gasteiger partial charge in [-0.05, 0) is 26.1 Å². The number of rotatable bonds is 7. The Labute approximate surface area is 108 Å². The molecular formula is C14H20FNO2. The molecule has 0 radical (unpaired) electrons. The topological polar surface area (TPSA) is 29.5 Å². The summed E-state index contributed by atoms with van der Waals surface area (Å²) in [5.74, 6) is -0.409. The van der Waals surface area contributed by atoms with Gasteiger partial charge in [0.15, 0.2) is 5.78 Å². The Morgan fingerprint density at radius 3 is 2.83 bits per heavy atom. The lowest BCUT2D eigenvalue weighted by atomic mass is 10.1. The van der Waals surface area contributed by atoms with Gasteiger partial charge in [-0.1, -0.05) is 12.1 Å². The molecule has 0 amide bonds. The van der Waals surface area contributed by atoms with Crippen LogP contribution in [0.25, 0.3) is 0 Å². The molecule has 0 heterocycles. The van der Waals surface area contributed by atoms with Gasteiger partial charge in [0.25, 0.3) is 0 Å². The second-order valence-corrected chi connectivity index (χ2v) is 4.47. The van der Waals surface area contributed by atoms with E-state index in [2.05, 4.69) is 4.90 Å². The highest BCUT2D eigenvalue weighted by Crippen LogP contribution is 2.07. The first kappa shape index (κ1) is 14.8. The lowest BCUT2D eigenvalue weighted by Crippen LogP contribution is -2.34. The number of hydrogen-bond acceptors (Lipinski definition) is 3. The average molecular weight is 253 g/mol. The lowest BCUT2D eigenvalue weighted by Gasteiger charge is -2.23. The highest BCUT2D eigenvalue weighted by molar-refractivity contribution is 5.96. The standard InChI is InChI=1S/C14H20FNO2/c1-11(10-18-3)16(2)8-7-14(17)12-5-4-6-13(15)9-12/h4-6,9,11H,7-8,10H2,1-3H3. The van der Waals surface area contributed by atoms with Crippen molar-refractivity contribution in [2.75, 3.05) is 27.3 Å². The Morgan fingerprint density at radius 1 is 1.50 bits per heavy atom. The molecule has 0 saturated heterocycles. The Kier molecular flexibility index (Phi) is 5.95. The molecule has 0 aromatic heterocycles. The van der Waals surface area contributed by atoms with Crippen molar-refractivity contribution in [3.05, 3.63) is 35.6 Å². The lowest BCUT2D eigenvalue weighted by molar-refractivity contribution is 0.0916. The van der Waals surface area contributed by atoms with Crippen LogP contribution in [0.5, 0.6) is 0 Å². The van der Waals surface area contributed by atoms with E-state index in [1.54, 1.807) is 19.2 Å². The number of likely N-dealkylation sites (N-methyl/N-ethyl adjacent to an activating group) is 1. The van der Waals surface area contributed by atoms with Crippen LogP contribution in [0.15, 0.2) is 24.3 Å². The van der Waals surface area contributed by atoms with E-state index in [1.807, 2.05) is 14.0 Å². The molecule has 0 bridgehead atoms. The maximum atomic E-state index is 13.0. The number of halogens is 1. The predicted octanol–water partition coefficient (Wildman–Crippen LogP) is 2.37. The third kappa shape index (κ3) is 4.55. The smallest absolute Gasteiger partial charge is 0.164 e. The molecule has 1 atom stereocenters. The first-order valence-corrected chi connectivity index (χ1v) is 6.02. The van der Waals surface area contributed by atoms with Crippen LogP contribution in [0.3, 0.4) is 0 Å². The maximum absolute atomic E-state index is 13.0. The van der Waals surface area contributed by atoms with Gasteiger partial charge in [-0.2, -0.15) is 0 Å². The second-order valence-electron chi connectivity index (χ2n) is 4.47. The molecule has 3 nitrogen and oxygen atoms in total. The van der Waals surface area contributed by atoms with E-state index in [1.165, 1.54) is 12.1 Å². The fraction of sp³-hybridized carbons (Fsp3) is 0.500. The molecular weight excluding hydrogens is 233 g/mol. The summed E-state index contributed by atoms with van der Waals surface area (Å²) >= 11 is 0. The van der Waals surface area contributed by atoms with E-state index in [-0.39, 0.29) is 17.6 Å². The molecule has 0 fully saturated rings. The fourth-order valence-electron chi connectivity index (χ4n) is 1.67. The second kappa shape index (κ2) is 7.24. The van der Waals surface area contributed by atoms with Crippen LogP contribution in [0.4, 0.5) is 4.39 Å². The van der Waals surface area contributed by atoms with Gasteiger partial charge in [-0.3, -0.25) is 4.79 Å². The van der Waals surface area contributed by atoms with Crippen LogP contribution in [0.1, 0.15) is 23.7 Å². The molecule has 4 heteroatoms. The molecule has 0 spiro atoms. The van der Waals surface area contributed by atoms with E-state index in [4.69, 9.17) is 4.74 Å². The number of methoxy groups -OCH3 is 1. The van der Waals surface area contributed by atoms with Crippen molar-refractivity contribution in [3.8, 4) is 0 Å². The molecule has 0 aliphatic heterocycles. The molecule has 1 unspecified atom stereocenters. The Morgan fingerprint density at radius 2 is 2.22 bits per heavy atom. The summed E-state index contributed by atoms with van der Waals surface area (Å²) < 4.78 is 18.0.